The number of unbranched alkanes of at least 4 members (excludes halogenated alkanes) is 9. The van der Waals surface area contributed by atoms with Crippen molar-refractivity contribution in [2.24, 2.45) is 47.3 Å². The van der Waals surface area contributed by atoms with Crippen LogP contribution in [0.3, 0.4) is 0 Å². The van der Waals surface area contributed by atoms with E-state index in [9.17, 15) is 33.6 Å². The molecule has 0 aromatic rings. The van der Waals surface area contributed by atoms with E-state index >= 15 is 0 Å². The van der Waals surface area contributed by atoms with Crippen LogP contribution >= 0.6 is 0 Å². The van der Waals surface area contributed by atoms with Crippen molar-refractivity contribution in [3.05, 3.63) is 0 Å². The highest BCUT2D eigenvalue weighted by Crippen LogP contribution is 2.32. The molecule has 0 saturated heterocycles. The fraction of sp³-hybridized carbons (Fsp3) is 0.875. The monoisotopic (exact) mass is 901 g/mol. The van der Waals surface area contributed by atoms with Gasteiger partial charge in [-0.2, -0.15) is 0 Å². The van der Waals surface area contributed by atoms with Gasteiger partial charge in [-0.15, -0.1) is 0 Å². The van der Waals surface area contributed by atoms with E-state index in [0.717, 1.165) is 96.3 Å². The highest BCUT2D eigenvalue weighted by molar-refractivity contribution is 5.79. The topological polar surface area (TPSA) is 129 Å². The molecular weight excluding hydrogens is 801 g/mol. The molecule has 8 heteroatoms. The van der Waals surface area contributed by atoms with Crippen molar-refractivity contribution in [1.82, 2.24) is 0 Å². The van der Waals surface area contributed by atoms with Crippen molar-refractivity contribution in [1.29, 1.82) is 0 Å². The molecule has 0 heterocycles. The normalized spacial score (nSPS) is 14.5. The largest absolute Gasteiger partial charge is 0.465 e. The van der Waals surface area contributed by atoms with E-state index < -0.39 is 0 Å². The molecule has 0 rings (SSSR count). The van der Waals surface area contributed by atoms with Gasteiger partial charge in [0.25, 0.3) is 0 Å². The second kappa shape index (κ2) is 38.6. The molecule has 0 aliphatic carbocycles. The summed E-state index contributed by atoms with van der Waals surface area (Å²) < 4.78 is 5.82. The standard InChI is InChI=1S/C56H100O8/c1-11-12-13-14-16-19-24-43(4)54(36-44(5)56(63)64-34-23-26-51(38-46(7)58)31-33-53(40-48(9)60)41-49(10)61)27-20-17-15-18-21-28-55(62)29-22-25-50(37-45(6)57)30-32-52(35-42(2)3)39-47(8)59/h42-44,50-54H,11-41H2,1-10H3. The van der Waals surface area contributed by atoms with Crippen LogP contribution in [0.15, 0.2) is 0 Å². The zero-order valence-corrected chi connectivity index (χ0v) is 43.3. The molecule has 0 amide bonds. The second-order valence-electron chi connectivity index (χ2n) is 21.3. The first-order chi connectivity index (χ1) is 30.3. The van der Waals surface area contributed by atoms with Crippen molar-refractivity contribution >= 4 is 40.7 Å². The molecule has 0 bridgehead atoms. The van der Waals surface area contributed by atoms with E-state index in [0.29, 0.717) is 87.4 Å². The molecule has 0 aromatic heterocycles. The zero-order chi connectivity index (χ0) is 48.3. The first-order valence-corrected chi connectivity index (χ1v) is 26.5. The second-order valence-corrected chi connectivity index (χ2v) is 21.3. The van der Waals surface area contributed by atoms with Crippen molar-refractivity contribution in [3.63, 3.8) is 0 Å². The van der Waals surface area contributed by atoms with Crippen LogP contribution < -0.4 is 0 Å². The third-order valence-electron chi connectivity index (χ3n) is 13.6. The maximum atomic E-state index is 13.3. The maximum absolute atomic E-state index is 13.3. The lowest BCUT2D eigenvalue weighted by Gasteiger charge is -2.26. The lowest BCUT2D eigenvalue weighted by Crippen LogP contribution is -2.22. The first-order valence-electron chi connectivity index (χ1n) is 26.5. The average Bonchev–Trinajstić information content (AvgIpc) is 3.19. The van der Waals surface area contributed by atoms with Crippen LogP contribution in [-0.4, -0.2) is 47.3 Å². The van der Waals surface area contributed by atoms with Gasteiger partial charge >= 0.3 is 5.97 Å². The molecule has 0 saturated carbocycles. The lowest BCUT2D eigenvalue weighted by atomic mass is 9.80. The predicted molar refractivity (Wildman–Crippen MR) is 264 cm³/mol. The molecule has 372 valence electrons. The number of Topliss-reactive ketones (excluding diaryl/α,β-unsaturated/α-hetero) is 6. The van der Waals surface area contributed by atoms with E-state index in [-0.39, 0.29) is 58.6 Å². The Morgan fingerprint density at radius 2 is 0.828 bits per heavy atom. The van der Waals surface area contributed by atoms with Gasteiger partial charge in [0.15, 0.2) is 0 Å². The Balaban J connectivity index is 4.96. The number of hydrogen-bond acceptors (Lipinski definition) is 8. The van der Waals surface area contributed by atoms with E-state index in [2.05, 4.69) is 27.7 Å². The Labute approximate surface area is 393 Å². The molecule has 0 radical (unpaired) electrons. The molecule has 6 atom stereocenters. The summed E-state index contributed by atoms with van der Waals surface area (Å²) in [5.74, 6) is 3.12. The number of hydrogen-bond donors (Lipinski definition) is 0. The zero-order valence-electron chi connectivity index (χ0n) is 43.3. The summed E-state index contributed by atoms with van der Waals surface area (Å²) in [6.45, 7) is 19.4. The van der Waals surface area contributed by atoms with Gasteiger partial charge < -0.3 is 28.7 Å². The highest BCUT2D eigenvalue weighted by atomic mass is 16.5. The summed E-state index contributed by atoms with van der Waals surface area (Å²) in [6.07, 6.45) is 27.4. The van der Waals surface area contributed by atoms with E-state index in [1.54, 1.807) is 34.6 Å². The molecule has 6 unspecified atom stereocenters. The summed E-state index contributed by atoms with van der Waals surface area (Å²) in [6, 6.07) is 0. The number of esters is 1. The maximum Gasteiger partial charge on any atom is 0.308 e. The average molecular weight is 901 g/mol. The number of rotatable bonds is 45. The first kappa shape index (κ1) is 61.5. The quantitative estimate of drug-likeness (QED) is 0.0436. The van der Waals surface area contributed by atoms with Gasteiger partial charge in [-0.3, -0.25) is 9.59 Å². The lowest BCUT2D eigenvalue weighted by molar-refractivity contribution is -0.149. The number of carbonyl (C=O) groups excluding carboxylic acids is 7. The Kier molecular flexibility index (Phi) is 37.1. The minimum atomic E-state index is -0.179. The Hall–Kier alpha value is -2.51. The molecule has 0 aliphatic rings. The molecule has 0 N–H and O–H groups in total. The molecule has 64 heavy (non-hydrogen) atoms. The third-order valence-corrected chi connectivity index (χ3v) is 13.6. The van der Waals surface area contributed by atoms with Gasteiger partial charge in [-0.1, -0.05) is 112 Å². The van der Waals surface area contributed by atoms with Gasteiger partial charge in [0.1, 0.15) is 34.7 Å². The van der Waals surface area contributed by atoms with Gasteiger partial charge in [-0.05, 0) is 147 Å². The Morgan fingerprint density at radius 3 is 1.36 bits per heavy atom. The van der Waals surface area contributed by atoms with Crippen LogP contribution in [0.2, 0.25) is 0 Å². The Bertz CT molecular complexity index is 1290. The fourth-order valence-electron chi connectivity index (χ4n) is 10.2. The van der Waals surface area contributed by atoms with Crippen LogP contribution in [0.4, 0.5) is 0 Å². The van der Waals surface area contributed by atoms with E-state index in [1.165, 1.54) is 44.9 Å². The van der Waals surface area contributed by atoms with Crippen LogP contribution in [0.1, 0.15) is 262 Å². The van der Waals surface area contributed by atoms with Crippen LogP contribution in [0.25, 0.3) is 0 Å². The summed E-state index contributed by atoms with van der Waals surface area (Å²) in [4.78, 5) is 85.5. The minimum Gasteiger partial charge on any atom is -0.465 e. The minimum absolute atomic E-state index is 0.0147. The van der Waals surface area contributed by atoms with Crippen LogP contribution in [0.5, 0.6) is 0 Å². The van der Waals surface area contributed by atoms with Crippen molar-refractivity contribution in [2.45, 2.75) is 262 Å². The molecular formula is C56H100O8. The number of ether oxygens (including phenoxy) is 1. The van der Waals surface area contributed by atoms with E-state index in [1.807, 2.05) is 6.92 Å². The molecule has 0 fully saturated rings. The van der Waals surface area contributed by atoms with Crippen molar-refractivity contribution in [2.75, 3.05) is 6.61 Å². The van der Waals surface area contributed by atoms with Gasteiger partial charge in [-0.25, -0.2) is 0 Å². The molecule has 0 aliphatic heterocycles. The predicted octanol–water partition coefficient (Wildman–Crippen LogP) is 14.8. The smallest absolute Gasteiger partial charge is 0.308 e. The van der Waals surface area contributed by atoms with Gasteiger partial charge in [0.05, 0.1) is 12.5 Å². The Morgan fingerprint density at radius 1 is 0.406 bits per heavy atom. The van der Waals surface area contributed by atoms with Gasteiger partial charge in [0.2, 0.25) is 0 Å². The van der Waals surface area contributed by atoms with Crippen LogP contribution in [-0.2, 0) is 38.3 Å². The summed E-state index contributed by atoms with van der Waals surface area (Å²) in [7, 11) is 0. The molecule has 8 nitrogen and oxygen atoms in total. The third kappa shape index (κ3) is 36.7. The van der Waals surface area contributed by atoms with Crippen LogP contribution in [0, 0.1) is 47.3 Å². The summed E-state index contributed by atoms with van der Waals surface area (Å²) in [5, 5.41) is 0. The molecule has 0 spiro atoms. The fourth-order valence-corrected chi connectivity index (χ4v) is 10.2. The number of ketones is 6. The van der Waals surface area contributed by atoms with Crippen molar-refractivity contribution in [3.8, 4) is 0 Å². The SMILES string of the molecule is CCCCCCCCC(C)C(CCCCCCCC(=O)CCCC(CCC(CC(C)=O)CC(C)C)CC(C)=O)CC(C)C(=O)OCCCC(CCC(CC(C)=O)CC(C)=O)CC(C)=O. The van der Waals surface area contributed by atoms with Gasteiger partial charge in [0, 0.05) is 44.9 Å². The summed E-state index contributed by atoms with van der Waals surface area (Å²) in [5.41, 5.74) is 0. The highest BCUT2D eigenvalue weighted by Gasteiger charge is 2.25. The van der Waals surface area contributed by atoms with Crippen molar-refractivity contribution < 1.29 is 38.3 Å². The summed E-state index contributed by atoms with van der Waals surface area (Å²) >= 11 is 0. The number of carbonyl (C=O) groups is 7. The molecule has 0 aromatic carbocycles. The van der Waals surface area contributed by atoms with E-state index in [4.69, 9.17) is 4.74 Å².